The molecule has 0 spiro atoms. The third-order valence-electron chi connectivity index (χ3n) is 4.09. The average Bonchev–Trinajstić information content (AvgIpc) is 3.18. The van der Waals surface area contributed by atoms with Crippen molar-refractivity contribution in [2.45, 2.75) is 18.4 Å². The first kappa shape index (κ1) is 21.0. The molecule has 6 nitrogen and oxygen atoms in total. The number of nitrogens with zero attached hydrogens (tertiary/aromatic N) is 1. The van der Waals surface area contributed by atoms with E-state index in [1.165, 1.54) is 30.5 Å². The fourth-order valence-corrected chi connectivity index (χ4v) is 4.14. The number of anilines is 1. The first-order chi connectivity index (χ1) is 13.8. The van der Waals surface area contributed by atoms with Crippen LogP contribution in [0.25, 0.3) is 0 Å². The number of halogens is 2. The third kappa shape index (κ3) is 5.23. The van der Waals surface area contributed by atoms with Crippen molar-refractivity contribution in [3.8, 4) is 0 Å². The molecule has 0 atom stereocenters. The van der Waals surface area contributed by atoms with Gasteiger partial charge in [0.2, 0.25) is 15.9 Å². The van der Waals surface area contributed by atoms with Crippen molar-refractivity contribution >= 4 is 33.2 Å². The smallest absolute Gasteiger partial charge is 0.243 e. The molecule has 0 aliphatic rings. The molecule has 0 aliphatic heterocycles. The van der Waals surface area contributed by atoms with Crippen molar-refractivity contribution in [2.24, 2.45) is 0 Å². The lowest BCUT2D eigenvalue weighted by Gasteiger charge is -2.21. The lowest BCUT2D eigenvalue weighted by Crippen LogP contribution is -2.37. The van der Waals surface area contributed by atoms with Gasteiger partial charge < -0.3 is 9.73 Å². The van der Waals surface area contributed by atoms with E-state index in [1.807, 2.05) is 6.92 Å². The molecule has 29 heavy (non-hydrogen) atoms. The van der Waals surface area contributed by atoms with E-state index >= 15 is 0 Å². The van der Waals surface area contributed by atoms with Gasteiger partial charge >= 0.3 is 0 Å². The highest BCUT2D eigenvalue weighted by molar-refractivity contribution is 7.89. The first-order valence-electron chi connectivity index (χ1n) is 8.60. The second-order valence-corrected chi connectivity index (χ2v) is 8.71. The number of benzene rings is 2. The van der Waals surface area contributed by atoms with E-state index in [2.05, 4.69) is 5.32 Å². The summed E-state index contributed by atoms with van der Waals surface area (Å²) in [7, 11) is -4.01. The molecule has 0 bridgehead atoms. The van der Waals surface area contributed by atoms with Crippen LogP contribution in [0.15, 0.2) is 70.2 Å². The van der Waals surface area contributed by atoms with Gasteiger partial charge in [-0.1, -0.05) is 29.3 Å². The monoisotopic (exact) mass is 436 g/mol. The second-order valence-electron chi connectivity index (χ2n) is 6.34. The summed E-state index contributed by atoms with van der Waals surface area (Å²) < 4.78 is 46.3. The normalized spacial score (nSPS) is 11.6. The topological polar surface area (TPSA) is 79.6 Å². The van der Waals surface area contributed by atoms with Crippen LogP contribution in [0.2, 0.25) is 5.02 Å². The van der Waals surface area contributed by atoms with Crippen molar-refractivity contribution in [3.63, 3.8) is 0 Å². The van der Waals surface area contributed by atoms with Crippen LogP contribution in [0.1, 0.15) is 11.3 Å². The zero-order valence-electron chi connectivity index (χ0n) is 15.4. The third-order valence-corrected chi connectivity index (χ3v) is 6.13. The summed E-state index contributed by atoms with van der Waals surface area (Å²) in [5.74, 6) is -1.03. The van der Waals surface area contributed by atoms with Crippen molar-refractivity contribution < 1.29 is 22.0 Å². The van der Waals surface area contributed by atoms with E-state index in [4.69, 9.17) is 16.0 Å². The summed E-state index contributed by atoms with van der Waals surface area (Å²) >= 11 is 5.83. The van der Waals surface area contributed by atoms with E-state index in [0.717, 1.165) is 15.9 Å². The molecule has 3 aromatic rings. The molecule has 9 heteroatoms. The van der Waals surface area contributed by atoms with Crippen molar-refractivity contribution in [1.82, 2.24) is 4.31 Å². The number of sulfonamides is 1. The Balaban J connectivity index is 1.86. The molecule has 1 amide bonds. The lowest BCUT2D eigenvalue weighted by molar-refractivity contribution is -0.116. The maximum atomic E-state index is 13.9. The van der Waals surface area contributed by atoms with Gasteiger partial charge in [0.15, 0.2) is 0 Å². The molecule has 1 heterocycles. The Bertz CT molecular complexity index is 1100. The highest BCUT2D eigenvalue weighted by Gasteiger charge is 2.28. The Hall–Kier alpha value is -2.68. The predicted octanol–water partition coefficient (Wildman–Crippen LogP) is 4.21. The van der Waals surface area contributed by atoms with Crippen molar-refractivity contribution in [3.05, 3.63) is 83.0 Å². The lowest BCUT2D eigenvalue weighted by atomic mass is 10.2. The van der Waals surface area contributed by atoms with Gasteiger partial charge in [-0.3, -0.25) is 4.79 Å². The number of furan rings is 1. The van der Waals surface area contributed by atoms with Gasteiger partial charge in [0, 0.05) is 5.02 Å². The Kier molecular flexibility index (Phi) is 6.36. The van der Waals surface area contributed by atoms with E-state index in [-0.39, 0.29) is 22.2 Å². The van der Waals surface area contributed by atoms with Gasteiger partial charge in [0.25, 0.3) is 0 Å². The molecule has 0 unspecified atom stereocenters. The standard InChI is InChI=1S/C20H18ClFN2O4S/c1-14-4-7-17(8-5-14)29(26,27)24(12-16-3-2-10-28-16)13-20(25)23-19-11-15(21)6-9-18(19)22/h2-11H,12-13H2,1H3,(H,23,25). The Labute approximate surface area is 173 Å². The molecular formula is C20H18ClFN2O4S. The molecule has 2 aromatic carbocycles. The van der Waals surface area contributed by atoms with Gasteiger partial charge in [-0.25, -0.2) is 12.8 Å². The highest BCUT2D eigenvalue weighted by Crippen LogP contribution is 2.22. The molecule has 1 N–H and O–H groups in total. The molecular weight excluding hydrogens is 419 g/mol. The molecule has 0 saturated carbocycles. The number of carbonyl (C=O) groups excluding carboxylic acids is 1. The zero-order valence-corrected chi connectivity index (χ0v) is 17.0. The molecule has 0 fully saturated rings. The minimum Gasteiger partial charge on any atom is -0.468 e. The minimum atomic E-state index is -4.01. The fraction of sp³-hybridized carbons (Fsp3) is 0.150. The number of amides is 1. The predicted molar refractivity (Wildman–Crippen MR) is 108 cm³/mol. The molecule has 0 aliphatic carbocycles. The molecule has 152 valence electrons. The number of hydrogen-bond donors (Lipinski definition) is 1. The van der Waals surface area contributed by atoms with Crippen LogP contribution < -0.4 is 5.32 Å². The molecule has 0 radical (unpaired) electrons. The summed E-state index contributed by atoms with van der Waals surface area (Å²) in [4.78, 5) is 12.5. The summed E-state index contributed by atoms with van der Waals surface area (Å²) in [6, 6.07) is 13.2. The number of nitrogens with one attached hydrogen (secondary N) is 1. The van der Waals surface area contributed by atoms with Crippen LogP contribution in [-0.2, 0) is 21.4 Å². The highest BCUT2D eigenvalue weighted by atomic mass is 35.5. The van der Waals surface area contributed by atoms with Crippen LogP contribution in [0, 0.1) is 12.7 Å². The van der Waals surface area contributed by atoms with E-state index in [1.54, 1.807) is 24.3 Å². The van der Waals surface area contributed by atoms with E-state index < -0.39 is 28.3 Å². The maximum Gasteiger partial charge on any atom is 0.243 e. The SMILES string of the molecule is Cc1ccc(S(=O)(=O)N(CC(=O)Nc2cc(Cl)ccc2F)Cc2ccco2)cc1. The summed E-state index contributed by atoms with van der Waals surface area (Å²) in [6.07, 6.45) is 1.41. The van der Waals surface area contributed by atoms with Gasteiger partial charge in [-0.05, 0) is 49.4 Å². The van der Waals surface area contributed by atoms with E-state index in [9.17, 15) is 17.6 Å². The number of hydrogen-bond acceptors (Lipinski definition) is 4. The number of rotatable bonds is 7. The number of aryl methyl sites for hydroxylation is 1. The van der Waals surface area contributed by atoms with Crippen LogP contribution in [0.4, 0.5) is 10.1 Å². The minimum absolute atomic E-state index is 0.0383. The van der Waals surface area contributed by atoms with Crippen LogP contribution in [0.3, 0.4) is 0 Å². The summed E-state index contributed by atoms with van der Waals surface area (Å²) in [5.41, 5.74) is 0.767. The second kappa shape index (κ2) is 8.77. The van der Waals surface area contributed by atoms with Gasteiger partial charge in [0.1, 0.15) is 11.6 Å². The van der Waals surface area contributed by atoms with Crippen LogP contribution in [-0.4, -0.2) is 25.2 Å². The maximum absolute atomic E-state index is 13.9. The van der Waals surface area contributed by atoms with Crippen LogP contribution in [0.5, 0.6) is 0 Å². The number of carbonyl (C=O) groups is 1. The van der Waals surface area contributed by atoms with Gasteiger partial charge in [-0.2, -0.15) is 4.31 Å². The van der Waals surface area contributed by atoms with E-state index in [0.29, 0.717) is 5.76 Å². The zero-order chi connectivity index (χ0) is 21.0. The summed E-state index contributed by atoms with van der Waals surface area (Å²) in [6.45, 7) is 1.14. The first-order valence-corrected chi connectivity index (χ1v) is 10.4. The fourth-order valence-electron chi connectivity index (χ4n) is 2.60. The van der Waals surface area contributed by atoms with Crippen molar-refractivity contribution in [2.75, 3.05) is 11.9 Å². The Morgan fingerprint density at radius 2 is 1.90 bits per heavy atom. The van der Waals surface area contributed by atoms with Gasteiger partial charge in [0.05, 0.1) is 29.9 Å². The average molecular weight is 437 g/mol. The van der Waals surface area contributed by atoms with Crippen molar-refractivity contribution in [1.29, 1.82) is 0 Å². The quantitative estimate of drug-likeness (QED) is 0.601. The largest absolute Gasteiger partial charge is 0.468 e. The van der Waals surface area contributed by atoms with Gasteiger partial charge in [-0.15, -0.1) is 0 Å². The molecule has 3 rings (SSSR count). The Morgan fingerprint density at radius 3 is 2.55 bits per heavy atom. The van der Waals surface area contributed by atoms with Crippen LogP contribution >= 0.6 is 11.6 Å². The summed E-state index contributed by atoms with van der Waals surface area (Å²) in [5, 5.41) is 2.60. The molecule has 1 aromatic heterocycles. The molecule has 0 saturated heterocycles. The Morgan fingerprint density at radius 1 is 1.17 bits per heavy atom.